The Morgan fingerprint density at radius 1 is 1.53 bits per heavy atom. The number of hydrogen-bond donors (Lipinski definition) is 1. The second kappa shape index (κ2) is 6.58. The molecule has 1 unspecified atom stereocenters. The number of rotatable bonds is 7. The van der Waals surface area contributed by atoms with Gasteiger partial charge in [-0.05, 0) is 13.3 Å². The van der Waals surface area contributed by atoms with Gasteiger partial charge in [0.25, 0.3) is 0 Å². The van der Waals surface area contributed by atoms with E-state index < -0.39 is 0 Å². The van der Waals surface area contributed by atoms with Crippen LogP contribution in [0.3, 0.4) is 0 Å². The number of hydrogen-bond acceptors (Lipinski definition) is 3. The second-order valence-electron chi connectivity index (χ2n) is 3.67. The Balaban J connectivity index is 2.33. The van der Waals surface area contributed by atoms with Crippen LogP contribution in [0, 0.1) is 0 Å². The van der Waals surface area contributed by atoms with Gasteiger partial charge in [0.2, 0.25) is 0 Å². The average Bonchev–Trinajstić information content (AvgIpc) is 2.65. The minimum atomic E-state index is 0.0456. The van der Waals surface area contributed by atoms with Gasteiger partial charge < -0.3 is 15.0 Å². The summed E-state index contributed by atoms with van der Waals surface area (Å²) in [4.78, 5) is 4.28. The van der Waals surface area contributed by atoms with Crippen LogP contribution in [-0.4, -0.2) is 28.8 Å². The number of ether oxygens (including phenoxy) is 1. The lowest BCUT2D eigenvalue weighted by molar-refractivity contribution is 0.120. The summed E-state index contributed by atoms with van der Waals surface area (Å²) < 4.78 is 7.52. The van der Waals surface area contributed by atoms with Crippen LogP contribution in [0.1, 0.15) is 26.1 Å². The Labute approximate surface area is 91.4 Å². The molecule has 0 aliphatic carbocycles. The third-order valence-corrected chi connectivity index (χ3v) is 2.27. The number of imidazole rings is 1. The van der Waals surface area contributed by atoms with Gasteiger partial charge in [0.15, 0.2) is 0 Å². The zero-order valence-electron chi connectivity index (χ0n) is 9.65. The molecule has 0 amide bonds. The highest BCUT2D eigenvalue weighted by atomic mass is 16.5. The molecule has 0 saturated carbocycles. The van der Waals surface area contributed by atoms with Crippen molar-refractivity contribution < 1.29 is 4.74 Å². The van der Waals surface area contributed by atoms with Crippen molar-refractivity contribution in [3.8, 4) is 0 Å². The van der Waals surface area contributed by atoms with E-state index in [0.717, 1.165) is 31.8 Å². The summed E-state index contributed by atoms with van der Waals surface area (Å²) in [6.07, 6.45) is 5.62. The van der Waals surface area contributed by atoms with Crippen molar-refractivity contribution in [1.82, 2.24) is 9.55 Å². The lowest BCUT2D eigenvalue weighted by Crippen LogP contribution is -2.30. The summed E-state index contributed by atoms with van der Waals surface area (Å²) in [5.74, 6) is 1.05. The van der Waals surface area contributed by atoms with Gasteiger partial charge >= 0.3 is 0 Å². The van der Waals surface area contributed by atoms with E-state index in [-0.39, 0.29) is 6.04 Å². The fourth-order valence-electron chi connectivity index (χ4n) is 1.49. The van der Waals surface area contributed by atoms with Crippen molar-refractivity contribution in [3.05, 3.63) is 18.2 Å². The summed E-state index contributed by atoms with van der Waals surface area (Å²) in [6, 6.07) is 0.0456. The van der Waals surface area contributed by atoms with Gasteiger partial charge in [-0.1, -0.05) is 6.92 Å². The first kappa shape index (κ1) is 12.2. The highest BCUT2D eigenvalue weighted by molar-refractivity contribution is 4.94. The van der Waals surface area contributed by atoms with E-state index in [1.54, 1.807) is 0 Å². The van der Waals surface area contributed by atoms with Gasteiger partial charge in [-0.2, -0.15) is 0 Å². The second-order valence-corrected chi connectivity index (χ2v) is 3.67. The molecule has 2 N–H and O–H groups in total. The Bertz CT molecular complexity index is 273. The quantitative estimate of drug-likeness (QED) is 0.689. The van der Waals surface area contributed by atoms with E-state index in [9.17, 15) is 0 Å². The SMILES string of the molecule is CCCOCC(N)Cc1nccn1CC. The normalized spacial score (nSPS) is 13.0. The first-order valence-electron chi connectivity index (χ1n) is 5.61. The predicted molar refractivity (Wildman–Crippen MR) is 60.7 cm³/mol. The van der Waals surface area contributed by atoms with E-state index in [2.05, 4.69) is 23.4 Å². The van der Waals surface area contributed by atoms with E-state index in [4.69, 9.17) is 10.5 Å². The maximum absolute atomic E-state index is 5.95. The minimum Gasteiger partial charge on any atom is -0.380 e. The van der Waals surface area contributed by atoms with Gasteiger partial charge in [0.05, 0.1) is 6.61 Å². The molecule has 0 bridgehead atoms. The molecule has 0 aromatic carbocycles. The molecule has 1 atom stereocenters. The maximum Gasteiger partial charge on any atom is 0.110 e. The van der Waals surface area contributed by atoms with Crippen molar-refractivity contribution >= 4 is 0 Å². The Kier molecular flexibility index (Phi) is 5.36. The Hall–Kier alpha value is -0.870. The molecule has 86 valence electrons. The van der Waals surface area contributed by atoms with Crippen LogP contribution in [-0.2, 0) is 17.7 Å². The van der Waals surface area contributed by atoms with Gasteiger partial charge in [-0.3, -0.25) is 0 Å². The van der Waals surface area contributed by atoms with Crippen LogP contribution in [0.25, 0.3) is 0 Å². The van der Waals surface area contributed by atoms with Crippen molar-refractivity contribution in [1.29, 1.82) is 0 Å². The van der Waals surface area contributed by atoms with Crippen molar-refractivity contribution in [2.75, 3.05) is 13.2 Å². The lowest BCUT2D eigenvalue weighted by Gasteiger charge is -2.12. The first-order chi connectivity index (χ1) is 7.27. The van der Waals surface area contributed by atoms with E-state index in [1.807, 2.05) is 12.4 Å². The molecule has 0 spiro atoms. The number of nitrogens with two attached hydrogens (primary N) is 1. The molecule has 0 saturated heterocycles. The molecule has 0 radical (unpaired) electrons. The largest absolute Gasteiger partial charge is 0.380 e. The van der Waals surface area contributed by atoms with Gasteiger partial charge in [0, 0.05) is 38.0 Å². The standard InChI is InChI=1S/C11H21N3O/c1-3-7-15-9-10(12)8-11-13-5-6-14(11)4-2/h5-6,10H,3-4,7-9,12H2,1-2H3. The van der Waals surface area contributed by atoms with E-state index >= 15 is 0 Å². The van der Waals surface area contributed by atoms with Crippen LogP contribution < -0.4 is 5.73 Å². The topological polar surface area (TPSA) is 53.1 Å². The van der Waals surface area contributed by atoms with Gasteiger partial charge in [-0.25, -0.2) is 4.98 Å². The third-order valence-electron chi connectivity index (χ3n) is 2.27. The maximum atomic E-state index is 5.95. The molecule has 0 aliphatic rings. The molecule has 0 aliphatic heterocycles. The van der Waals surface area contributed by atoms with Crippen molar-refractivity contribution in [2.24, 2.45) is 5.73 Å². The molecular weight excluding hydrogens is 190 g/mol. The lowest BCUT2D eigenvalue weighted by atomic mass is 10.2. The Morgan fingerprint density at radius 3 is 3.00 bits per heavy atom. The number of aromatic nitrogens is 2. The fraction of sp³-hybridized carbons (Fsp3) is 0.727. The van der Waals surface area contributed by atoms with Gasteiger partial charge in [-0.15, -0.1) is 0 Å². The summed E-state index contributed by atoms with van der Waals surface area (Å²) in [7, 11) is 0. The zero-order chi connectivity index (χ0) is 11.1. The summed E-state index contributed by atoms with van der Waals surface area (Å²) >= 11 is 0. The van der Waals surface area contributed by atoms with Crippen LogP contribution in [0.4, 0.5) is 0 Å². The van der Waals surface area contributed by atoms with E-state index in [1.165, 1.54) is 0 Å². The van der Waals surface area contributed by atoms with Crippen LogP contribution in [0.15, 0.2) is 12.4 Å². The van der Waals surface area contributed by atoms with Crippen LogP contribution >= 0.6 is 0 Å². The molecule has 15 heavy (non-hydrogen) atoms. The molecular formula is C11H21N3O. The van der Waals surface area contributed by atoms with Crippen molar-refractivity contribution in [2.45, 2.75) is 39.3 Å². The van der Waals surface area contributed by atoms with Crippen LogP contribution in [0.5, 0.6) is 0 Å². The van der Waals surface area contributed by atoms with Crippen molar-refractivity contribution in [3.63, 3.8) is 0 Å². The smallest absolute Gasteiger partial charge is 0.110 e. The molecule has 4 nitrogen and oxygen atoms in total. The molecule has 0 fully saturated rings. The minimum absolute atomic E-state index is 0.0456. The summed E-state index contributed by atoms with van der Waals surface area (Å²) in [6.45, 7) is 6.54. The molecule has 1 rings (SSSR count). The van der Waals surface area contributed by atoms with Gasteiger partial charge in [0.1, 0.15) is 5.82 Å². The molecule has 1 aromatic rings. The third kappa shape index (κ3) is 4.01. The summed E-state index contributed by atoms with van der Waals surface area (Å²) in [5.41, 5.74) is 5.95. The molecule has 1 heterocycles. The van der Waals surface area contributed by atoms with E-state index in [0.29, 0.717) is 6.61 Å². The monoisotopic (exact) mass is 211 g/mol. The number of aryl methyl sites for hydroxylation is 1. The predicted octanol–water partition coefficient (Wildman–Crippen LogP) is 1.20. The highest BCUT2D eigenvalue weighted by Crippen LogP contribution is 2.01. The average molecular weight is 211 g/mol. The number of nitrogens with zero attached hydrogens (tertiary/aromatic N) is 2. The highest BCUT2D eigenvalue weighted by Gasteiger charge is 2.08. The molecule has 1 aromatic heterocycles. The Morgan fingerprint density at radius 2 is 2.33 bits per heavy atom. The fourth-order valence-corrected chi connectivity index (χ4v) is 1.49. The first-order valence-corrected chi connectivity index (χ1v) is 5.61. The zero-order valence-corrected chi connectivity index (χ0v) is 9.65. The molecule has 4 heteroatoms. The van der Waals surface area contributed by atoms with Crippen LogP contribution in [0.2, 0.25) is 0 Å². The summed E-state index contributed by atoms with van der Waals surface area (Å²) in [5, 5.41) is 0.